The zero-order valence-corrected chi connectivity index (χ0v) is 13.6. The molecule has 1 rings (SSSR count). The van der Waals surface area contributed by atoms with Crippen molar-refractivity contribution in [2.75, 3.05) is 0 Å². The van der Waals surface area contributed by atoms with Crippen molar-refractivity contribution in [3.63, 3.8) is 0 Å². The lowest BCUT2D eigenvalue weighted by atomic mass is 9.92. The molecule has 0 bridgehead atoms. The van der Waals surface area contributed by atoms with E-state index in [1.165, 1.54) is 70.6 Å². The van der Waals surface area contributed by atoms with E-state index < -0.39 is 0 Å². The largest absolute Gasteiger partial charge is 0.240 e. The molecular formula is C18H33N2+. The molecule has 0 amide bonds. The first-order valence-electron chi connectivity index (χ1n) is 8.79. The number of unbranched alkanes of at least 4 members (excludes halogenated alkanes) is 6. The fourth-order valence-electron chi connectivity index (χ4n) is 2.89. The highest BCUT2D eigenvalue weighted by molar-refractivity contribution is 6.18. The maximum atomic E-state index is 4.24. The molecule has 1 aliphatic rings. The molecule has 0 aromatic carbocycles. The third-order valence-electron chi connectivity index (χ3n) is 4.32. The minimum absolute atomic E-state index is 0.917. The zero-order chi connectivity index (χ0) is 14.5. The molecule has 1 heterocycles. The van der Waals surface area contributed by atoms with Crippen LogP contribution in [0.25, 0.3) is 0 Å². The Morgan fingerprint density at radius 3 is 2.05 bits per heavy atom. The van der Waals surface area contributed by atoms with E-state index in [2.05, 4.69) is 23.8 Å². The third-order valence-corrected chi connectivity index (χ3v) is 4.32. The predicted molar refractivity (Wildman–Crippen MR) is 90.5 cm³/mol. The highest BCUT2D eigenvalue weighted by atomic mass is 15.0. The lowest BCUT2D eigenvalue weighted by molar-refractivity contribution is 0.397. The Morgan fingerprint density at radius 1 is 0.800 bits per heavy atom. The van der Waals surface area contributed by atoms with Gasteiger partial charge in [0.2, 0.25) is 6.17 Å². The van der Waals surface area contributed by atoms with Crippen LogP contribution in [-0.4, -0.2) is 12.4 Å². The molecule has 20 heavy (non-hydrogen) atoms. The van der Waals surface area contributed by atoms with Crippen LogP contribution >= 0.6 is 0 Å². The number of rotatable bonds is 13. The molecule has 114 valence electrons. The van der Waals surface area contributed by atoms with Crippen LogP contribution in [0, 0.1) is 12.1 Å². The standard InChI is InChI=1S/C18H33N2/c1-3-5-6-7-8-9-10-12-17(4-2)13-11-14-18-19-15-16-20-18/h15-17H,3-14H2,1-2H3/q+1. The van der Waals surface area contributed by atoms with E-state index in [4.69, 9.17) is 0 Å². The molecule has 0 aliphatic carbocycles. The van der Waals surface area contributed by atoms with Gasteiger partial charge in [0, 0.05) is 0 Å². The lowest BCUT2D eigenvalue weighted by Crippen LogP contribution is -2.00. The van der Waals surface area contributed by atoms with Crippen LogP contribution < -0.4 is 0 Å². The first kappa shape index (κ1) is 17.3. The van der Waals surface area contributed by atoms with E-state index in [0.29, 0.717) is 0 Å². The second kappa shape index (κ2) is 12.0. The first-order valence-corrected chi connectivity index (χ1v) is 8.79. The number of nitrogens with zero attached hydrogens (tertiary/aromatic N) is 2. The summed E-state index contributed by atoms with van der Waals surface area (Å²) in [6.45, 7) is 4.62. The van der Waals surface area contributed by atoms with Crippen LogP contribution in [0.2, 0.25) is 0 Å². The Kier molecular flexibility index (Phi) is 10.3. The summed E-state index contributed by atoms with van der Waals surface area (Å²) in [5, 5.41) is 0. The van der Waals surface area contributed by atoms with Crippen LogP contribution in [0.4, 0.5) is 0 Å². The maximum absolute atomic E-state index is 4.24. The van der Waals surface area contributed by atoms with Crippen molar-refractivity contribution < 1.29 is 0 Å². The summed E-state index contributed by atoms with van der Waals surface area (Å²) in [5.41, 5.74) is 0. The molecule has 2 heteroatoms. The molecule has 0 radical (unpaired) electrons. The van der Waals surface area contributed by atoms with E-state index >= 15 is 0 Å². The number of hydrogen-bond acceptors (Lipinski definition) is 2. The Hall–Kier alpha value is -0.790. The quantitative estimate of drug-likeness (QED) is 0.293. The summed E-state index contributed by atoms with van der Waals surface area (Å²) in [5.74, 6) is 0.917. The Labute approximate surface area is 126 Å². The lowest BCUT2D eigenvalue weighted by Gasteiger charge is -2.14. The van der Waals surface area contributed by atoms with Gasteiger partial charge in [0.25, 0.3) is 0 Å². The minimum Gasteiger partial charge on any atom is -0.0968 e. The first-order chi connectivity index (χ1) is 9.86. The number of hydrogen-bond donors (Lipinski definition) is 0. The van der Waals surface area contributed by atoms with Crippen molar-refractivity contribution in [1.82, 2.24) is 0 Å². The van der Waals surface area contributed by atoms with Crippen molar-refractivity contribution in [3.05, 3.63) is 6.17 Å². The summed E-state index contributed by atoms with van der Waals surface area (Å²) in [6, 6.07) is 0. The summed E-state index contributed by atoms with van der Waals surface area (Å²) >= 11 is 0. The highest BCUT2D eigenvalue weighted by Crippen LogP contribution is 2.23. The van der Waals surface area contributed by atoms with E-state index in [0.717, 1.165) is 18.5 Å². The molecule has 2 nitrogen and oxygen atoms in total. The molecule has 0 saturated heterocycles. The van der Waals surface area contributed by atoms with Crippen molar-refractivity contribution in [3.8, 4) is 0 Å². The van der Waals surface area contributed by atoms with Crippen molar-refractivity contribution >= 4 is 12.4 Å². The molecule has 1 atom stereocenters. The van der Waals surface area contributed by atoms with Gasteiger partial charge in [0.05, 0.1) is 6.42 Å². The van der Waals surface area contributed by atoms with Crippen molar-refractivity contribution in [1.29, 1.82) is 0 Å². The second-order valence-electron chi connectivity index (χ2n) is 6.05. The summed E-state index contributed by atoms with van der Waals surface area (Å²) in [4.78, 5) is 8.48. The molecule has 0 aromatic heterocycles. The fraction of sp³-hybridized carbons (Fsp3) is 0.833. The van der Waals surface area contributed by atoms with Gasteiger partial charge < -0.3 is 0 Å². The van der Waals surface area contributed by atoms with Gasteiger partial charge in [-0.2, -0.15) is 0 Å². The van der Waals surface area contributed by atoms with E-state index in [-0.39, 0.29) is 0 Å². The number of aliphatic imine (C=N–C) groups is 2. The monoisotopic (exact) mass is 277 g/mol. The topological polar surface area (TPSA) is 24.7 Å². The Balaban J connectivity index is 1.93. The smallest absolute Gasteiger partial charge is 0.0968 e. The molecule has 1 unspecified atom stereocenters. The molecule has 0 saturated carbocycles. The van der Waals surface area contributed by atoms with Gasteiger partial charge in [0.1, 0.15) is 0 Å². The summed E-state index contributed by atoms with van der Waals surface area (Å²) in [6.07, 6.45) is 21.0. The van der Waals surface area contributed by atoms with Crippen molar-refractivity contribution in [2.24, 2.45) is 15.9 Å². The van der Waals surface area contributed by atoms with Gasteiger partial charge in [-0.3, -0.25) is 0 Å². The average molecular weight is 277 g/mol. The van der Waals surface area contributed by atoms with E-state index in [1.54, 1.807) is 12.4 Å². The van der Waals surface area contributed by atoms with Crippen LogP contribution in [0.3, 0.4) is 0 Å². The third kappa shape index (κ3) is 8.39. The van der Waals surface area contributed by atoms with Gasteiger partial charge in [-0.25, -0.2) is 0 Å². The van der Waals surface area contributed by atoms with Gasteiger partial charge in [-0.15, -0.1) is 0 Å². The fourth-order valence-corrected chi connectivity index (χ4v) is 2.89. The van der Waals surface area contributed by atoms with Gasteiger partial charge in [-0.05, 0) is 18.8 Å². The molecule has 0 spiro atoms. The maximum Gasteiger partial charge on any atom is 0.240 e. The van der Waals surface area contributed by atoms with Crippen LogP contribution in [0.5, 0.6) is 0 Å². The average Bonchev–Trinajstić information content (AvgIpc) is 2.97. The Morgan fingerprint density at radius 2 is 1.40 bits per heavy atom. The molecule has 0 aromatic rings. The highest BCUT2D eigenvalue weighted by Gasteiger charge is 2.16. The van der Waals surface area contributed by atoms with Gasteiger partial charge in [0.15, 0.2) is 12.4 Å². The van der Waals surface area contributed by atoms with E-state index in [9.17, 15) is 0 Å². The minimum atomic E-state index is 0.917. The Bertz CT molecular complexity index is 259. The van der Waals surface area contributed by atoms with Crippen LogP contribution in [0.15, 0.2) is 9.98 Å². The van der Waals surface area contributed by atoms with Gasteiger partial charge in [-0.1, -0.05) is 81.6 Å². The predicted octanol–water partition coefficient (Wildman–Crippen LogP) is 5.97. The molecular weight excluding hydrogens is 244 g/mol. The zero-order valence-electron chi connectivity index (χ0n) is 13.6. The van der Waals surface area contributed by atoms with Crippen LogP contribution in [0.1, 0.15) is 90.9 Å². The summed E-state index contributed by atoms with van der Waals surface area (Å²) < 4.78 is 0. The molecule has 0 fully saturated rings. The SMILES string of the molecule is CCCCCCCCCC(CC)CCC[C+]1N=CC=N1. The van der Waals surface area contributed by atoms with E-state index in [1.807, 2.05) is 0 Å². The van der Waals surface area contributed by atoms with Crippen molar-refractivity contribution in [2.45, 2.75) is 90.9 Å². The second-order valence-corrected chi connectivity index (χ2v) is 6.05. The van der Waals surface area contributed by atoms with Crippen LogP contribution in [-0.2, 0) is 0 Å². The molecule has 1 aliphatic heterocycles. The molecule has 0 N–H and O–H groups in total. The van der Waals surface area contributed by atoms with Gasteiger partial charge >= 0.3 is 0 Å². The summed E-state index contributed by atoms with van der Waals surface area (Å²) in [7, 11) is 0. The normalized spacial score (nSPS) is 15.2.